The number of unbranched alkanes of at least 4 members (excludes halogenated alkanes) is 1. The van der Waals surface area contributed by atoms with E-state index >= 15 is 0 Å². The molecule has 0 saturated heterocycles. The van der Waals surface area contributed by atoms with Crippen LogP contribution in [0.3, 0.4) is 0 Å². The van der Waals surface area contributed by atoms with Gasteiger partial charge in [0.25, 0.3) is 5.91 Å². The number of nitrogens with zero attached hydrogens (tertiary/aromatic N) is 2. The molecule has 1 aromatic heterocycles. The molecular formula is C16H20N2OS. The summed E-state index contributed by atoms with van der Waals surface area (Å²) < 4.78 is 0. The van der Waals surface area contributed by atoms with Crippen molar-refractivity contribution in [2.45, 2.75) is 26.2 Å². The lowest BCUT2D eigenvalue weighted by Crippen LogP contribution is -2.27. The van der Waals surface area contributed by atoms with Crippen molar-refractivity contribution in [2.75, 3.05) is 13.6 Å². The van der Waals surface area contributed by atoms with Crippen molar-refractivity contribution >= 4 is 17.2 Å². The van der Waals surface area contributed by atoms with Gasteiger partial charge in [0, 0.05) is 25.4 Å². The first-order valence-electron chi connectivity index (χ1n) is 6.94. The molecule has 1 aromatic carbocycles. The number of benzene rings is 1. The predicted molar refractivity (Wildman–Crippen MR) is 83.2 cm³/mol. The molecule has 2 rings (SSSR count). The standard InChI is InChI=1S/C16H20N2OS/c1-3-4-10-18(2)16(19)14-12-20-15(17-14)11-13-8-6-5-7-9-13/h5-9,12H,3-4,10-11H2,1-2H3. The van der Waals surface area contributed by atoms with E-state index in [-0.39, 0.29) is 5.91 Å². The Morgan fingerprint density at radius 1 is 1.30 bits per heavy atom. The van der Waals surface area contributed by atoms with Gasteiger partial charge < -0.3 is 4.90 Å². The number of hydrogen-bond donors (Lipinski definition) is 0. The summed E-state index contributed by atoms with van der Waals surface area (Å²) in [5, 5.41) is 2.85. The minimum absolute atomic E-state index is 0.0222. The molecule has 0 radical (unpaired) electrons. The number of amides is 1. The zero-order valence-corrected chi connectivity index (χ0v) is 12.8. The van der Waals surface area contributed by atoms with Crippen molar-refractivity contribution in [2.24, 2.45) is 0 Å². The monoisotopic (exact) mass is 288 g/mol. The predicted octanol–water partition coefficient (Wildman–Crippen LogP) is 3.61. The van der Waals surface area contributed by atoms with Crippen molar-refractivity contribution < 1.29 is 4.79 Å². The zero-order valence-electron chi connectivity index (χ0n) is 12.0. The van der Waals surface area contributed by atoms with E-state index in [1.54, 1.807) is 16.2 Å². The van der Waals surface area contributed by atoms with E-state index in [1.807, 2.05) is 30.6 Å². The summed E-state index contributed by atoms with van der Waals surface area (Å²) in [7, 11) is 1.84. The van der Waals surface area contributed by atoms with Gasteiger partial charge in [-0.25, -0.2) is 4.98 Å². The number of aromatic nitrogens is 1. The minimum atomic E-state index is 0.0222. The third kappa shape index (κ3) is 3.90. The smallest absolute Gasteiger partial charge is 0.273 e. The lowest BCUT2D eigenvalue weighted by molar-refractivity contribution is 0.0788. The lowest BCUT2D eigenvalue weighted by Gasteiger charge is -2.14. The molecule has 3 nitrogen and oxygen atoms in total. The van der Waals surface area contributed by atoms with Crippen LogP contribution in [-0.2, 0) is 6.42 Å². The maximum absolute atomic E-state index is 12.2. The Bertz CT molecular complexity index is 551. The molecule has 0 aliphatic heterocycles. The Morgan fingerprint density at radius 3 is 2.75 bits per heavy atom. The molecule has 0 bridgehead atoms. The highest BCUT2D eigenvalue weighted by atomic mass is 32.1. The molecule has 0 fully saturated rings. The highest BCUT2D eigenvalue weighted by Crippen LogP contribution is 2.16. The number of hydrogen-bond acceptors (Lipinski definition) is 3. The molecule has 0 aliphatic carbocycles. The largest absolute Gasteiger partial charge is 0.340 e. The molecule has 0 saturated carbocycles. The van der Waals surface area contributed by atoms with E-state index in [0.29, 0.717) is 5.69 Å². The van der Waals surface area contributed by atoms with Gasteiger partial charge in [0.1, 0.15) is 5.69 Å². The van der Waals surface area contributed by atoms with Crippen LogP contribution in [0, 0.1) is 0 Å². The van der Waals surface area contributed by atoms with Crippen LogP contribution in [-0.4, -0.2) is 29.4 Å². The minimum Gasteiger partial charge on any atom is -0.340 e. The molecule has 0 spiro atoms. The molecule has 0 N–H and O–H groups in total. The van der Waals surface area contributed by atoms with Gasteiger partial charge in [-0.15, -0.1) is 11.3 Å². The highest BCUT2D eigenvalue weighted by Gasteiger charge is 2.15. The summed E-state index contributed by atoms with van der Waals surface area (Å²) >= 11 is 1.56. The van der Waals surface area contributed by atoms with Crippen molar-refractivity contribution in [3.05, 3.63) is 52.0 Å². The maximum atomic E-state index is 12.2. The Hall–Kier alpha value is -1.68. The normalized spacial score (nSPS) is 10.5. The first-order chi connectivity index (χ1) is 9.70. The van der Waals surface area contributed by atoms with Crippen molar-refractivity contribution in [1.82, 2.24) is 9.88 Å². The summed E-state index contributed by atoms with van der Waals surface area (Å²) in [6, 6.07) is 10.2. The summed E-state index contributed by atoms with van der Waals surface area (Å²) in [5.74, 6) is 0.0222. The first kappa shape index (κ1) is 14.7. The second kappa shape index (κ2) is 7.20. The van der Waals surface area contributed by atoms with Crippen LogP contribution < -0.4 is 0 Å². The number of rotatable bonds is 6. The molecule has 4 heteroatoms. The number of thiazole rings is 1. The Labute approximate surface area is 124 Å². The SMILES string of the molecule is CCCCN(C)C(=O)c1csc(Cc2ccccc2)n1. The molecule has 1 heterocycles. The molecule has 20 heavy (non-hydrogen) atoms. The van der Waals surface area contributed by atoms with Gasteiger partial charge in [0.2, 0.25) is 0 Å². The third-order valence-corrected chi connectivity index (χ3v) is 4.01. The van der Waals surface area contributed by atoms with Gasteiger partial charge >= 0.3 is 0 Å². The van der Waals surface area contributed by atoms with Crippen molar-refractivity contribution in [1.29, 1.82) is 0 Å². The van der Waals surface area contributed by atoms with Crippen LogP contribution >= 0.6 is 11.3 Å². The van der Waals surface area contributed by atoms with Crippen LogP contribution in [0.1, 0.15) is 40.8 Å². The highest BCUT2D eigenvalue weighted by molar-refractivity contribution is 7.09. The van der Waals surface area contributed by atoms with Crippen LogP contribution in [0.2, 0.25) is 0 Å². The Morgan fingerprint density at radius 2 is 2.05 bits per heavy atom. The molecule has 0 atom stereocenters. The molecule has 0 unspecified atom stereocenters. The number of carbonyl (C=O) groups excluding carboxylic acids is 1. The van der Waals surface area contributed by atoms with Gasteiger partial charge in [-0.3, -0.25) is 4.79 Å². The van der Waals surface area contributed by atoms with Gasteiger partial charge in [-0.05, 0) is 12.0 Å². The molecule has 106 valence electrons. The van der Waals surface area contributed by atoms with Crippen LogP contribution in [0.4, 0.5) is 0 Å². The second-order valence-electron chi connectivity index (χ2n) is 4.87. The van der Waals surface area contributed by atoms with E-state index in [9.17, 15) is 4.79 Å². The van der Waals surface area contributed by atoms with E-state index in [0.717, 1.165) is 30.8 Å². The van der Waals surface area contributed by atoms with Crippen LogP contribution in [0.15, 0.2) is 35.7 Å². The quantitative estimate of drug-likeness (QED) is 0.813. The fraction of sp³-hybridized carbons (Fsp3) is 0.375. The lowest BCUT2D eigenvalue weighted by atomic mass is 10.2. The summed E-state index contributed by atoms with van der Waals surface area (Å²) in [5.41, 5.74) is 1.79. The first-order valence-corrected chi connectivity index (χ1v) is 7.82. The summed E-state index contributed by atoms with van der Waals surface area (Å²) in [4.78, 5) is 18.4. The molecular weight excluding hydrogens is 268 g/mol. The fourth-order valence-corrected chi connectivity index (χ4v) is 2.76. The maximum Gasteiger partial charge on any atom is 0.273 e. The van der Waals surface area contributed by atoms with Crippen molar-refractivity contribution in [3.8, 4) is 0 Å². The van der Waals surface area contributed by atoms with Gasteiger partial charge in [0.05, 0.1) is 5.01 Å². The average Bonchev–Trinajstić information content (AvgIpc) is 2.93. The van der Waals surface area contributed by atoms with Crippen LogP contribution in [0.5, 0.6) is 0 Å². The zero-order chi connectivity index (χ0) is 14.4. The van der Waals surface area contributed by atoms with Crippen molar-refractivity contribution in [3.63, 3.8) is 0 Å². The Balaban J connectivity index is 2.00. The van der Waals surface area contributed by atoms with E-state index < -0.39 is 0 Å². The second-order valence-corrected chi connectivity index (χ2v) is 5.81. The van der Waals surface area contributed by atoms with Gasteiger partial charge in [0.15, 0.2) is 0 Å². The Kier molecular flexibility index (Phi) is 5.30. The van der Waals surface area contributed by atoms with E-state index in [2.05, 4.69) is 24.0 Å². The third-order valence-electron chi connectivity index (χ3n) is 3.16. The van der Waals surface area contributed by atoms with Gasteiger partial charge in [-0.1, -0.05) is 43.7 Å². The summed E-state index contributed by atoms with van der Waals surface area (Å²) in [6.45, 7) is 2.92. The van der Waals surface area contributed by atoms with Gasteiger partial charge in [-0.2, -0.15) is 0 Å². The molecule has 1 amide bonds. The van der Waals surface area contributed by atoms with Crippen LogP contribution in [0.25, 0.3) is 0 Å². The average molecular weight is 288 g/mol. The molecule has 0 aliphatic rings. The molecule has 2 aromatic rings. The van der Waals surface area contributed by atoms with E-state index in [1.165, 1.54) is 5.56 Å². The van der Waals surface area contributed by atoms with E-state index in [4.69, 9.17) is 0 Å². The number of carbonyl (C=O) groups is 1. The summed E-state index contributed by atoms with van der Waals surface area (Å²) in [6.07, 6.45) is 2.91. The topological polar surface area (TPSA) is 33.2 Å². The fourth-order valence-electron chi connectivity index (χ4n) is 1.95.